The van der Waals surface area contributed by atoms with E-state index in [-0.39, 0.29) is 21.0 Å². The summed E-state index contributed by atoms with van der Waals surface area (Å²) in [6.07, 6.45) is 0. The second-order valence-corrected chi connectivity index (χ2v) is 6.29. The monoisotopic (exact) mass is 381 g/mol. The molecule has 0 aliphatic carbocycles. The Hall–Kier alpha value is -1.16. The van der Waals surface area contributed by atoms with Crippen molar-refractivity contribution >= 4 is 47.6 Å². The molecule has 3 rings (SSSR count). The predicted molar refractivity (Wildman–Crippen MR) is 82.7 cm³/mol. The number of nitrogens with zero attached hydrogens (tertiary/aromatic N) is 2. The second-order valence-electron chi connectivity index (χ2n) is 4.33. The first-order chi connectivity index (χ1) is 9.25. The van der Waals surface area contributed by atoms with Gasteiger partial charge in [-0.3, -0.25) is 0 Å². The van der Waals surface area contributed by atoms with Crippen molar-refractivity contribution < 1.29 is 0 Å². The van der Waals surface area contributed by atoms with Crippen LogP contribution >= 0.6 is 15.9 Å². The first-order valence-corrected chi connectivity index (χ1v) is 8.30. The molecule has 1 aromatic heterocycles. The van der Waals surface area contributed by atoms with Gasteiger partial charge in [-0.2, -0.15) is 0 Å². The molecule has 1 unspecified atom stereocenters. The maximum atomic E-state index is 4.49. The third-order valence-electron chi connectivity index (χ3n) is 3.03. The fourth-order valence-corrected chi connectivity index (χ4v) is 3.84. The van der Waals surface area contributed by atoms with Crippen LogP contribution in [0.5, 0.6) is 0 Å². The number of rotatable bonds is 3. The Kier molecular flexibility index (Phi) is 3.69. The van der Waals surface area contributed by atoms with Crippen molar-refractivity contribution in [1.29, 1.82) is 0 Å². The Bertz CT molecular complexity index is 710. The van der Waals surface area contributed by atoms with E-state index in [9.17, 15) is 0 Å². The summed E-state index contributed by atoms with van der Waals surface area (Å²) in [5.41, 5.74) is 4.30. The van der Waals surface area contributed by atoms with E-state index < -0.39 is 0 Å². The molecule has 0 spiro atoms. The fraction of sp³-hybridized carbons (Fsp3) is 0.143. The second kappa shape index (κ2) is 5.45. The van der Waals surface area contributed by atoms with Gasteiger partial charge in [0, 0.05) is 0 Å². The van der Waals surface area contributed by atoms with Crippen molar-refractivity contribution in [3.05, 3.63) is 52.5 Å². The minimum atomic E-state index is 0.0106. The normalized spacial score (nSPS) is 12.5. The Morgan fingerprint density at radius 1 is 1.11 bits per heavy atom. The number of anilines is 1. The van der Waals surface area contributed by atoms with Gasteiger partial charge in [0.05, 0.1) is 0 Å². The molecule has 0 bridgehead atoms. The fourth-order valence-electron chi connectivity index (χ4n) is 2.06. The van der Waals surface area contributed by atoms with E-state index in [2.05, 4.69) is 60.4 Å². The molecule has 2 aromatic carbocycles. The molecule has 5 heteroatoms. The van der Waals surface area contributed by atoms with E-state index in [1.807, 2.05) is 18.2 Å². The molecular weight excluding hydrogens is 369 g/mol. The van der Waals surface area contributed by atoms with E-state index in [4.69, 9.17) is 0 Å². The molecule has 0 fully saturated rings. The number of halogens is 1. The molecule has 96 valence electrons. The van der Waals surface area contributed by atoms with Crippen molar-refractivity contribution in [2.45, 2.75) is 13.0 Å². The van der Waals surface area contributed by atoms with Crippen LogP contribution in [0.3, 0.4) is 0 Å². The quantitative estimate of drug-likeness (QED) is 0.705. The molecule has 0 saturated carbocycles. The summed E-state index contributed by atoms with van der Waals surface area (Å²) in [7, 11) is 0. The van der Waals surface area contributed by atoms with Crippen LogP contribution in [0, 0.1) is 0 Å². The summed E-state index contributed by atoms with van der Waals surface area (Å²) in [5, 5.41) is 3.53. The summed E-state index contributed by atoms with van der Waals surface area (Å²) in [6, 6.07) is 14.6. The van der Waals surface area contributed by atoms with Crippen molar-refractivity contribution in [1.82, 2.24) is 7.96 Å². The molecule has 1 N–H and O–H groups in total. The molecular formula is C14H12BrN3Se. The van der Waals surface area contributed by atoms with Crippen LogP contribution in [0.2, 0.25) is 0 Å². The molecule has 19 heavy (non-hydrogen) atoms. The van der Waals surface area contributed by atoms with Gasteiger partial charge in [-0.05, 0) is 0 Å². The zero-order valence-corrected chi connectivity index (χ0v) is 13.6. The Morgan fingerprint density at radius 3 is 2.79 bits per heavy atom. The first kappa shape index (κ1) is 12.9. The molecule has 0 amide bonds. The van der Waals surface area contributed by atoms with E-state index in [1.165, 1.54) is 5.56 Å². The third kappa shape index (κ3) is 2.59. The Morgan fingerprint density at radius 2 is 1.95 bits per heavy atom. The van der Waals surface area contributed by atoms with E-state index in [0.717, 1.165) is 21.2 Å². The number of nitrogens with one attached hydrogen (secondary N) is 1. The van der Waals surface area contributed by atoms with Crippen LogP contribution in [0.25, 0.3) is 11.0 Å². The van der Waals surface area contributed by atoms with Crippen molar-refractivity contribution in [3.63, 3.8) is 0 Å². The first-order valence-electron chi connectivity index (χ1n) is 5.98. The Labute approximate surface area is 126 Å². The molecule has 0 aliphatic heterocycles. The van der Waals surface area contributed by atoms with Gasteiger partial charge in [-0.15, -0.1) is 0 Å². The van der Waals surface area contributed by atoms with Crippen LogP contribution in [-0.2, 0) is 0 Å². The summed E-state index contributed by atoms with van der Waals surface area (Å²) >= 11 is 3.60. The third-order valence-corrected chi connectivity index (χ3v) is 4.89. The zero-order chi connectivity index (χ0) is 13.2. The van der Waals surface area contributed by atoms with Crippen LogP contribution in [0.4, 0.5) is 5.69 Å². The van der Waals surface area contributed by atoms with Crippen LogP contribution < -0.4 is 5.32 Å². The number of fused-ring (bicyclic) bond motifs is 1. The minimum absolute atomic E-state index is 0.0106. The van der Waals surface area contributed by atoms with E-state index >= 15 is 0 Å². The molecule has 3 aromatic rings. The van der Waals surface area contributed by atoms with Gasteiger partial charge >= 0.3 is 126 Å². The number of hydrogen-bond donors (Lipinski definition) is 1. The SMILES string of the molecule is CC(Nc1cccc2n[se]nc12)c1ccccc1Br. The molecule has 1 heterocycles. The van der Waals surface area contributed by atoms with Crippen molar-refractivity contribution in [2.75, 3.05) is 5.32 Å². The van der Waals surface area contributed by atoms with Gasteiger partial charge in [0.15, 0.2) is 0 Å². The summed E-state index contributed by atoms with van der Waals surface area (Å²) in [5.74, 6) is 0. The average Bonchev–Trinajstić information content (AvgIpc) is 2.88. The van der Waals surface area contributed by atoms with Crippen LogP contribution in [0.1, 0.15) is 18.5 Å². The topological polar surface area (TPSA) is 37.8 Å². The van der Waals surface area contributed by atoms with Gasteiger partial charge < -0.3 is 0 Å². The molecule has 1 atom stereocenters. The Balaban J connectivity index is 1.93. The maximum absolute atomic E-state index is 4.49. The molecule has 0 saturated heterocycles. The summed E-state index contributed by atoms with van der Waals surface area (Å²) < 4.78 is 10.0. The van der Waals surface area contributed by atoms with Crippen LogP contribution in [0.15, 0.2) is 46.9 Å². The van der Waals surface area contributed by atoms with Crippen molar-refractivity contribution in [2.24, 2.45) is 0 Å². The van der Waals surface area contributed by atoms with Gasteiger partial charge in [0.25, 0.3) is 0 Å². The average molecular weight is 381 g/mol. The molecule has 0 radical (unpaired) electrons. The van der Waals surface area contributed by atoms with Crippen LogP contribution in [-0.4, -0.2) is 22.9 Å². The van der Waals surface area contributed by atoms with Gasteiger partial charge in [0.2, 0.25) is 0 Å². The van der Waals surface area contributed by atoms with Gasteiger partial charge in [-0.1, -0.05) is 0 Å². The molecule has 3 nitrogen and oxygen atoms in total. The summed E-state index contributed by atoms with van der Waals surface area (Å²) in [4.78, 5) is 0. The standard InChI is InChI=1S/C14H12BrN3Se/c1-9(10-5-2-3-6-11(10)15)16-12-7-4-8-13-14(12)18-19-17-13/h2-9,16H,1H3. The molecule has 0 aliphatic rings. The predicted octanol–water partition coefficient (Wildman–Crippen LogP) is 3.62. The number of benzene rings is 2. The number of hydrogen-bond acceptors (Lipinski definition) is 3. The zero-order valence-electron chi connectivity index (χ0n) is 10.3. The van der Waals surface area contributed by atoms with Crippen molar-refractivity contribution in [3.8, 4) is 0 Å². The van der Waals surface area contributed by atoms with Gasteiger partial charge in [0.1, 0.15) is 0 Å². The van der Waals surface area contributed by atoms with E-state index in [0.29, 0.717) is 0 Å². The van der Waals surface area contributed by atoms with E-state index in [1.54, 1.807) is 0 Å². The summed E-state index contributed by atoms with van der Waals surface area (Å²) in [6.45, 7) is 2.15. The number of aromatic nitrogens is 2. The van der Waals surface area contributed by atoms with Gasteiger partial charge in [-0.25, -0.2) is 0 Å².